The van der Waals surface area contributed by atoms with Gasteiger partial charge in [-0.05, 0) is 43.4 Å². The van der Waals surface area contributed by atoms with E-state index in [-0.39, 0.29) is 0 Å². The molecule has 3 rings (SSSR count). The fourth-order valence-electron chi connectivity index (χ4n) is 3.38. The minimum absolute atomic E-state index is 0.385. The number of hydrogen-bond acceptors (Lipinski definition) is 2. The largest absolute Gasteiger partial charge is 0.374 e. The van der Waals surface area contributed by atoms with Crippen LogP contribution in [0.1, 0.15) is 43.7 Å². The quantitative estimate of drug-likeness (QED) is 0.879. The van der Waals surface area contributed by atoms with Crippen molar-refractivity contribution in [2.45, 2.75) is 51.1 Å². The van der Waals surface area contributed by atoms with Crippen LogP contribution in [0.25, 0.3) is 0 Å². The predicted octanol–water partition coefficient (Wildman–Crippen LogP) is 3.10. The summed E-state index contributed by atoms with van der Waals surface area (Å²) in [6, 6.07) is 6.96. The molecule has 1 aromatic rings. The minimum Gasteiger partial charge on any atom is -0.374 e. The van der Waals surface area contributed by atoms with Gasteiger partial charge in [-0.2, -0.15) is 0 Å². The third-order valence-electron chi connectivity index (χ3n) is 4.70. The summed E-state index contributed by atoms with van der Waals surface area (Å²) in [5.74, 6) is 0. The highest BCUT2D eigenvalue weighted by molar-refractivity contribution is 5.58. The van der Waals surface area contributed by atoms with Crippen molar-refractivity contribution >= 4 is 5.69 Å². The molecule has 0 amide bonds. The summed E-state index contributed by atoms with van der Waals surface area (Å²) < 4.78 is 0. The lowest BCUT2D eigenvalue weighted by Crippen LogP contribution is -2.38. The molecule has 0 aromatic heterocycles. The molecule has 0 saturated heterocycles. The van der Waals surface area contributed by atoms with Crippen LogP contribution in [0, 0.1) is 0 Å². The molecule has 0 bridgehead atoms. The van der Waals surface area contributed by atoms with Gasteiger partial charge in [0.05, 0.1) is 0 Å². The van der Waals surface area contributed by atoms with Crippen LogP contribution < -0.4 is 10.2 Å². The minimum atomic E-state index is 0.385. The molecule has 0 spiro atoms. The Kier molecular flexibility index (Phi) is 3.06. The second-order valence-electron chi connectivity index (χ2n) is 6.26. The molecule has 1 aromatic carbocycles. The maximum absolute atomic E-state index is 3.76. The van der Waals surface area contributed by atoms with E-state index in [1.54, 1.807) is 0 Å². The Bertz CT molecular complexity index is 433. The lowest BCUT2D eigenvalue weighted by molar-refractivity contribution is 0.362. The van der Waals surface area contributed by atoms with Gasteiger partial charge in [-0.3, -0.25) is 0 Å². The summed E-state index contributed by atoms with van der Waals surface area (Å²) in [5, 5.41) is 3.76. The van der Waals surface area contributed by atoms with Gasteiger partial charge in [0.2, 0.25) is 0 Å². The van der Waals surface area contributed by atoms with Crippen molar-refractivity contribution in [3.63, 3.8) is 0 Å². The Morgan fingerprint density at radius 1 is 1.28 bits per heavy atom. The van der Waals surface area contributed by atoms with E-state index in [2.05, 4.69) is 42.4 Å². The maximum Gasteiger partial charge on any atom is 0.0397 e. The van der Waals surface area contributed by atoms with Crippen LogP contribution >= 0.6 is 0 Å². The van der Waals surface area contributed by atoms with Crippen LogP contribution in [-0.4, -0.2) is 19.1 Å². The van der Waals surface area contributed by atoms with Crippen molar-refractivity contribution in [2.75, 3.05) is 18.5 Å². The van der Waals surface area contributed by atoms with E-state index in [0.29, 0.717) is 5.54 Å². The molecule has 98 valence electrons. The van der Waals surface area contributed by atoms with Crippen LogP contribution in [-0.2, 0) is 13.0 Å². The summed E-state index contributed by atoms with van der Waals surface area (Å²) in [7, 11) is 2.18. The number of rotatable bonds is 3. The summed E-state index contributed by atoms with van der Waals surface area (Å²) in [4.78, 5) is 2.35. The van der Waals surface area contributed by atoms with Crippen molar-refractivity contribution in [3.8, 4) is 0 Å². The van der Waals surface area contributed by atoms with Gasteiger partial charge < -0.3 is 10.2 Å². The van der Waals surface area contributed by atoms with Crippen LogP contribution in [0.3, 0.4) is 0 Å². The third kappa shape index (κ3) is 2.26. The molecule has 0 atom stereocenters. The number of fused-ring (bicyclic) bond motifs is 1. The SMILES string of the molecule is CN1CCc2cc(CNC3(C)CCCC3)ccc21. The van der Waals surface area contributed by atoms with E-state index >= 15 is 0 Å². The molecule has 2 nitrogen and oxygen atoms in total. The second-order valence-corrected chi connectivity index (χ2v) is 6.26. The van der Waals surface area contributed by atoms with Gasteiger partial charge in [-0.15, -0.1) is 0 Å². The van der Waals surface area contributed by atoms with Crippen LogP contribution in [0.15, 0.2) is 18.2 Å². The predicted molar refractivity (Wildman–Crippen MR) is 77.1 cm³/mol. The first-order valence-corrected chi connectivity index (χ1v) is 7.24. The van der Waals surface area contributed by atoms with E-state index in [0.717, 1.165) is 6.54 Å². The van der Waals surface area contributed by atoms with Gasteiger partial charge in [-0.1, -0.05) is 25.0 Å². The van der Waals surface area contributed by atoms with E-state index in [9.17, 15) is 0 Å². The zero-order valence-corrected chi connectivity index (χ0v) is 11.6. The zero-order chi connectivity index (χ0) is 12.6. The number of anilines is 1. The molecule has 18 heavy (non-hydrogen) atoms. The number of nitrogens with zero attached hydrogens (tertiary/aromatic N) is 1. The number of hydrogen-bond donors (Lipinski definition) is 1. The Hall–Kier alpha value is -1.02. The maximum atomic E-state index is 3.76. The topological polar surface area (TPSA) is 15.3 Å². The molecule has 1 saturated carbocycles. The van der Waals surface area contributed by atoms with E-state index in [1.165, 1.54) is 55.5 Å². The third-order valence-corrected chi connectivity index (χ3v) is 4.70. The van der Waals surface area contributed by atoms with Crippen LogP contribution in [0.4, 0.5) is 5.69 Å². The average molecular weight is 244 g/mol. The Balaban J connectivity index is 1.67. The first-order valence-electron chi connectivity index (χ1n) is 7.24. The van der Waals surface area contributed by atoms with Crippen molar-refractivity contribution in [1.82, 2.24) is 5.32 Å². The summed E-state index contributed by atoms with van der Waals surface area (Å²) in [5.41, 5.74) is 4.77. The van der Waals surface area contributed by atoms with Crippen LogP contribution in [0.5, 0.6) is 0 Å². The zero-order valence-electron chi connectivity index (χ0n) is 11.6. The molecular formula is C16H24N2. The van der Waals surface area contributed by atoms with Gasteiger partial charge in [0, 0.05) is 31.4 Å². The molecule has 1 fully saturated rings. The van der Waals surface area contributed by atoms with Gasteiger partial charge in [0.15, 0.2) is 0 Å². The average Bonchev–Trinajstić information content (AvgIpc) is 2.95. The Labute approximate surface area is 110 Å². The molecule has 1 aliphatic heterocycles. The standard InChI is InChI=1S/C16H24N2/c1-16(8-3-4-9-16)17-12-13-5-6-15-14(11-13)7-10-18(15)2/h5-6,11,17H,3-4,7-10,12H2,1-2H3. The van der Waals surface area contributed by atoms with Gasteiger partial charge in [0.1, 0.15) is 0 Å². The van der Waals surface area contributed by atoms with Crippen LogP contribution in [0.2, 0.25) is 0 Å². The van der Waals surface area contributed by atoms with Gasteiger partial charge >= 0.3 is 0 Å². The van der Waals surface area contributed by atoms with Gasteiger partial charge in [0.25, 0.3) is 0 Å². The Morgan fingerprint density at radius 3 is 2.83 bits per heavy atom. The van der Waals surface area contributed by atoms with Gasteiger partial charge in [-0.25, -0.2) is 0 Å². The summed E-state index contributed by atoms with van der Waals surface area (Å²) in [6.07, 6.45) is 6.65. The molecule has 2 aliphatic rings. The molecule has 1 N–H and O–H groups in total. The second kappa shape index (κ2) is 4.58. The lowest BCUT2D eigenvalue weighted by atomic mass is 10.00. The van der Waals surface area contributed by atoms with E-state index in [1.807, 2.05) is 0 Å². The van der Waals surface area contributed by atoms with Crippen molar-refractivity contribution in [1.29, 1.82) is 0 Å². The molecule has 1 heterocycles. The molecule has 2 heteroatoms. The smallest absolute Gasteiger partial charge is 0.0397 e. The highest BCUT2D eigenvalue weighted by atomic mass is 15.1. The highest BCUT2D eigenvalue weighted by Crippen LogP contribution is 2.30. The normalized spacial score (nSPS) is 21.3. The first-order chi connectivity index (χ1) is 8.66. The number of nitrogens with one attached hydrogen (secondary N) is 1. The first kappa shape index (κ1) is 12.0. The fraction of sp³-hybridized carbons (Fsp3) is 0.625. The fourth-order valence-corrected chi connectivity index (χ4v) is 3.38. The van der Waals surface area contributed by atoms with E-state index < -0.39 is 0 Å². The van der Waals surface area contributed by atoms with Crippen molar-refractivity contribution in [3.05, 3.63) is 29.3 Å². The Morgan fingerprint density at radius 2 is 2.06 bits per heavy atom. The number of likely N-dealkylation sites (N-methyl/N-ethyl adjacent to an activating group) is 1. The molecule has 1 aliphatic carbocycles. The lowest BCUT2D eigenvalue weighted by Gasteiger charge is -2.25. The van der Waals surface area contributed by atoms with Crippen molar-refractivity contribution < 1.29 is 0 Å². The van der Waals surface area contributed by atoms with Crippen molar-refractivity contribution in [2.24, 2.45) is 0 Å². The summed E-state index contributed by atoms with van der Waals surface area (Å²) in [6.45, 7) is 4.57. The summed E-state index contributed by atoms with van der Waals surface area (Å²) >= 11 is 0. The highest BCUT2D eigenvalue weighted by Gasteiger charge is 2.27. The monoisotopic (exact) mass is 244 g/mol. The number of benzene rings is 1. The molecule has 0 radical (unpaired) electrons. The molecule has 0 unspecified atom stereocenters. The molecular weight excluding hydrogens is 220 g/mol. The van der Waals surface area contributed by atoms with E-state index in [4.69, 9.17) is 0 Å².